The van der Waals surface area contributed by atoms with Crippen molar-refractivity contribution in [2.45, 2.75) is 65.2 Å². The molecule has 6 aromatic rings. The number of carbonyl (C=O) groups is 2. The van der Waals surface area contributed by atoms with E-state index in [9.17, 15) is 26.4 Å². The van der Waals surface area contributed by atoms with Gasteiger partial charge in [0.1, 0.15) is 4.90 Å². The molecule has 15 nitrogen and oxygen atoms in total. The number of nitrogens with one attached hydrogen (secondary N) is 1. The zero-order chi connectivity index (χ0) is 44.6. The maximum atomic E-state index is 13.2. The zero-order valence-electron chi connectivity index (χ0n) is 34.0. The maximum Gasteiger partial charge on any atom is 0.354 e. The van der Waals surface area contributed by atoms with Crippen LogP contribution in [0.5, 0.6) is 23.0 Å². The van der Waals surface area contributed by atoms with E-state index in [1.165, 1.54) is 36.7 Å². The first-order valence-electron chi connectivity index (χ1n) is 19.7. The third kappa shape index (κ3) is 8.63. The highest BCUT2D eigenvalue weighted by atomic mass is 35.5. The summed E-state index contributed by atoms with van der Waals surface area (Å²) in [4.78, 5) is 28.7. The average molecular weight is 911 g/mol. The number of carbonyl (C=O) groups excluding carboxylic acids is 2. The Morgan fingerprint density at radius 1 is 0.667 bits per heavy atom. The number of fused-ring (bicyclic) bond motifs is 2. The highest BCUT2D eigenvalue weighted by molar-refractivity contribution is 7.91. The molecule has 324 valence electrons. The second-order valence-electron chi connectivity index (χ2n) is 15.3. The summed E-state index contributed by atoms with van der Waals surface area (Å²) in [5.74, 6) is 2.49. The van der Waals surface area contributed by atoms with Crippen molar-refractivity contribution in [3.05, 3.63) is 144 Å². The van der Waals surface area contributed by atoms with Gasteiger partial charge >= 0.3 is 21.7 Å². The Morgan fingerprint density at radius 3 is 1.70 bits per heavy atom. The minimum absolute atomic E-state index is 0.0834. The quantitative estimate of drug-likeness (QED) is 0.120. The molecular formula is C45H41ClN5O10S2+. The molecule has 1 amide bonds. The summed E-state index contributed by atoms with van der Waals surface area (Å²) in [6.07, 6.45) is 5.75. The van der Waals surface area contributed by atoms with Crippen LogP contribution in [0.15, 0.2) is 136 Å². The third-order valence-corrected chi connectivity index (χ3v) is 14.8. The molecule has 2 aromatic heterocycles. The zero-order valence-corrected chi connectivity index (χ0v) is 36.4. The minimum Gasteiger partial charge on any atom is -0.454 e. The smallest absolute Gasteiger partial charge is 0.354 e. The summed E-state index contributed by atoms with van der Waals surface area (Å²) in [5, 5.41) is 6.41. The van der Waals surface area contributed by atoms with Gasteiger partial charge in [0.15, 0.2) is 28.0 Å². The monoisotopic (exact) mass is 910 g/mol. The second-order valence-corrected chi connectivity index (χ2v) is 19.3. The number of sulfone groups is 1. The summed E-state index contributed by atoms with van der Waals surface area (Å²) < 4.78 is 72.8. The van der Waals surface area contributed by atoms with E-state index < -0.39 is 30.7 Å². The predicted octanol–water partition coefficient (Wildman–Crippen LogP) is 6.33. The number of nitrogens with two attached hydrogens (primary N) is 1. The number of hydrogen-bond acceptors (Lipinski definition) is 13. The van der Waals surface area contributed by atoms with Crippen molar-refractivity contribution in [1.82, 2.24) is 10.1 Å². The first-order chi connectivity index (χ1) is 30.1. The number of nitrogen functional groups attached to an aromatic ring is 1. The van der Waals surface area contributed by atoms with Crippen LogP contribution >= 0.6 is 11.6 Å². The van der Waals surface area contributed by atoms with Crippen molar-refractivity contribution >= 4 is 54.1 Å². The Hall–Kier alpha value is -6.56. The molecule has 3 N–H and O–H groups in total. The lowest BCUT2D eigenvalue weighted by Gasteiger charge is -2.13. The number of nitrogens with zero attached hydrogens (tertiary/aromatic N) is 3. The third-order valence-electron chi connectivity index (χ3n) is 11.1. The van der Waals surface area contributed by atoms with E-state index in [2.05, 4.69) is 15.4 Å². The van der Waals surface area contributed by atoms with E-state index >= 15 is 0 Å². The molecule has 2 fully saturated rings. The number of rotatable bonds is 9. The molecule has 0 atom stereocenters. The first kappa shape index (κ1) is 43.1. The van der Waals surface area contributed by atoms with Crippen molar-refractivity contribution in [3.8, 4) is 23.0 Å². The van der Waals surface area contributed by atoms with Crippen LogP contribution in [-0.4, -0.2) is 51.7 Å². The molecule has 0 bridgehead atoms. The fraction of sp³-hybridized carbons (Fsp3) is 0.222. The van der Waals surface area contributed by atoms with Gasteiger partial charge in [-0.3, -0.25) is 4.79 Å². The summed E-state index contributed by atoms with van der Waals surface area (Å²) in [7, 11) is -7.60. The summed E-state index contributed by atoms with van der Waals surface area (Å²) in [6, 6.07) is 30.3. The van der Waals surface area contributed by atoms with Gasteiger partial charge in [-0.05, 0) is 133 Å². The number of ether oxygens (including phenoxy) is 4. The molecule has 2 aliphatic heterocycles. The maximum absolute atomic E-state index is 13.2. The van der Waals surface area contributed by atoms with Crippen molar-refractivity contribution in [1.29, 1.82) is 0 Å². The fourth-order valence-corrected chi connectivity index (χ4v) is 9.84. The van der Waals surface area contributed by atoms with E-state index in [4.69, 9.17) is 36.3 Å². The lowest BCUT2D eigenvalue weighted by Crippen LogP contribution is -2.49. The number of aromatic nitrogens is 3. The lowest BCUT2D eigenvalue weighted by atomic mass is 9.94. The van der Waals surface area contributed by atoms with Gasteiger partial charge in [0.05, 0.1) is 27.6 Å². The molecule has 4 aromatic carbocycles. The molecule has 18 heteroatoms. The summed E-state index contributed by atoms with van der Waals surface area (Å²) in [5.41, 5.74) is 8.29. The van der Waals surface area contributed by atoms with Crippen LogP contribution in [0.25, 0.3) is 0 Å². The van der Waals surface area contributed by atoms with Crippen LogP contribution in [-0.2, 0) is 40.3 Å². The van der Waals surface area contributed by atoms with Gasteiger partial charge in [0.2, 0.25) is 28.7 Å². The number of aryl methyl sites for hydroxylation is 2. The highest BCUT2D eigenvalue weighted by Crippen LogP contribution is 2.52. The molecule has 0 radical (unpaired) electrons. The minimum atomic E-state index is -3.98. The molecule has 2 aliphatic carbocycles. The highest BCUT2D eigenvalue weighted by Gasteiger charge is 2.55. The standard InChI is InChI=1S/C22H19N3O5S.C12H12N2O2S.C11H9ClO3/c1-15-4-7-17(8-5-15)31(27,28)25-20(3-2-12-23-25)24-21(26)22(10-11-22)16-6-9-18-19(13-16)30-14-29-18;1-9-4-6-10(7-5-9)17(15,16)12-11(13)3-2-8-14-12;12-10(13)11(3-4-11)7-1-2-8-9(5-7)15-6-14-8/h2-9,12-13H,10-11,14H2,1H3;2-8H,13H2,1H3;1-2,5H,3-4,6H2/p+1. The van der Waals surface area contributed by atoms with Crippen LogP contribution in [0.2, 0.25) is 0 Å². The van der Waals surface area contributed by atoms with Gasteiger partial charge in [-0.1, -0.05) is 52.6 Å². The lowest BCUT2D eigenvalue weighted by molar-refractivity contribution is -0.565. The van der Waals surface area contributed by atoms with Gasteiger partial charge in [-0.15, -0.1) is 0 Å². The summed E-state index contributed by atoms with van der Waals surface area (Å²) in [6.45, 7) is 4.18. The van der Waals surface area contributed by atoms with Crippen LogP contribution in [0.3, 0.4) is 0 Å². The Morgan fingerprint density at radius 2 is 1.17 bits per heavy atom. The van der Waals surface area contributed by atoms with E-state index in [0.29, 0.717) is 30.1 Å². The van der Waals surface area contributed by atoms with E-state index in [-0.39, 0.29) is 51.1 Å². The predicted molar refractivity (Wildman–Crippen MR) is 230 cm³/mol. The molecule has 0 saturated heterocycles. The molecule has 4 heterocycles. The van der Waals surface area contributed by atoms with Gasteiger partial charge in [0.25, 0.3) is 0 Å². The molecule has 0 spiro atoms. The number of benzene rings is 4. The Bertz CT molecular complexity index is 2960. The molecule has 10 rings (SSSR count). The molecule has 0 unspecified atom stereocenters. The number of amides is 1. The van der Waals surface area contributed by atoms with E-state index in [0.717, 1.165) is 44.9 Å². The van der Waals surface area contributed by atoms with E-state index in [1.807, 2.05) is 44.2 Å². The average Bonchev–Trinajstić information content (AvgIpc) is 4.17. The number of anilines is 2. The number of hydrogen-bond donors (Lipinski definition) is 2. The van der Waals surface area contributed by atoms with Crippen LogP contribution in [0.4, 0.5) is 11.5 Å². The molecule has 2 saturated carbocycles. The summed E-state index contributed by atoms with van der Waals surface area (Å²) >= 11 is 5.61. The van der Waals surface area contributed by atoms with Gasteiger partial charge in [-0.2, -0.15) is 8.42 Å². The van der Waals surface area contributed by atoms with Gasteiger partial charge < -0.3 is 24.7 Å². The Labute approximate surface area is 368 Å². The van der Waals surface area contributed by atoms with Crippen molar-refractivity contribution < 1.29 is 49.5 Å². The van der Waals surface area contributed by atoms with Crippen molar-refractivity contribution in [2.75, 3.05) is 24.6 Å². The van der Waals surface area contributed by atoms with Gasteiger partial charge in [0, 0.05) is 12.3 Å². The molecule has 63 heavy (non-hydrogen) atoms. The van der Waals surface area contributed by atoms with Crippen molar-refractivity contribution in [3.63, 3.8) is 0 Å². The van der Waals surface area contributed by atoms with Crippen LogP contribution in [0.1, 0.15) is 47.9 Å². The number of halogens is 1. The largest absolute Gasteiger partial charge is 0.454 e. The Balaban J connectivity index is 0.000000143. The number of pyridine rings is 1. The van der Waals surface area contributed by atoms with Crippen LogP contribution < -0.4 is 34.1 Å². The fourth-order valence-electron chi connectivity index (χ4n) is 7.03. The SMILES string of the molecule is Cc1ccc(S(=O)(=O)[n+]2ncccc2NC(=O)C2(c3ccc4c(c3)OCO4)CC2)cc1.Cc1ccc(S(=O)(=O)c2ncccc2N)cc1.O=C(Cl)C1(c2ccc3c(c2)OCO3)CC1. The van der Waals surface area contributed by atoms with Crippen LogP contribution in [0, 0.1) is 13.8 Å². The van der Waals surface area contributed by atoms with Gasteiger partial charge in [-0.25, -0.2) is 23.5 Å². The molecular weight excluding hydrogens is 870 g/mol. The van der Waals surface area contributed by atoms with E-state index in [1.54, 1.807) is 54.6 Å². The first-order valence-corrected chi connectivity index (χ1v) is 23.0. The Kier molecular flexibility index (Phi) is 11.6. The topological polar surface area (TPSA) is 207 Å². The second kappa shape index (κ2) is 17.0. The normalized spacial score (nSPS) is 15.7. The van der Waals surface area contributed by atoms with Crippen molar-refractivity contribution in [2.24, 2.45) is 0 Å². The molecule has 4 aliphatic rings.